The number of aryl methyl sites for hydroxylation is 2. The number of hydrogen-bond donors (Lipinski definition) is 1. The molecular formula is C23H28ClNO2. The minimum Gasteiger partial charge on any atom is -0.479 e. The lowest BCUT2D eigenvalue weighted by Gasteiger charge is -2.24. The van der Waals surface area contributed by atoms with Crippen molar-refractivity contribution in [2.45, 2.75) is 64.5 Å². The minimum atomic E-state index is -0.559. The van der Waals surface area contributed by atoms with Gasteiger partial charge in [-0.05, 0) is 67.3 Å². The van der Waals surface area contributed by atoms with Gasteiger partial charge in [0, 0.05) is 0 Å². The predicted molar refractivity (Wildman–Crippen MR) is 110 cm³/mol. The Morgan fingerprint density at radius 2 is 1.81 bits per heavy atom. The Balaban J connectivity index is 1.71. The van der Waals surface area contributed by atoms with Crippen LogP contribution in [0.4, 0.5) is 0 Å². The van der Waals surface area contributed by atoms with Gasteiger partial charge in [-0.1, -0.05) is 55.8 Å². The standard InChI is InChI=1S/C23H28ClNO2/c1-3-20(18-14-13-16-9-5-6-10-17(16)15-18)25-23(26)21(4-2)27-22-12-8-7-11-19(22)24/h7-8,11-15,20-21H,3-6,9-10H2,1-2H3,(H,25,26)/t20-,21-/m0/s1. The van der Waals surface area contributed by atoms with E-state index < -0.39 is 6.10 Å². The summed E-state index contributed by atoms with van der Waals surface area (Å²) in [5, 5.41) is 3.69. The number of rotatable bonds is 7. The molecule has 1 N–H and O–H groups in total. The van der Waals surface area contributed by atoms with Gasteiger partial charge < -0.3 is 10.1 Å². The normalized spacial score (nSPS) is 15.5. The van der Waals surface area contributed by atoms with Crippen LogP contribution >= 0.6 is 11.6 Å². The summed E-state index contributed by atoms with van der Waals surface area (Å²) in [6, 6.07) is 13.9. The Bertz CT molecular complexity index is 790. The molecule has 0 saturated carbocycles. The van der Waals surface area contributed by atoms with Crippen LogP contribution in [0.25, 0.3) is 0 Å². The zero-order valence-electron chi connectivity index (χ0n) is 16.1. The number of fused-ring (bicyclic) bond motifs is 1. The third kappa shape index (κ3) is 4.84. The maximum Gasteiger partial charge on any atom is 0.261 e. The zero-order chi connectivity index (χ0) is 19.2. The Hall–Kier alpha value is -2.00. The average Bonchev–Trinajstić information content (AvgIpc) is 2.70. The zero-order valence-corrected chi connectivity index (χ0v) is 16.9. The number of halogens is 1. The van der Waals surface area contributed by atoms with E-state index in [1.165, 1.54) is 36.0 Å². The molecule has 144 valence electrons. The smallest absolute Gasteiger partial charge is 0.261 e. The van der Waals surface area contributed by atoms with Gasteiger partial charge >= 0.3 is 0 Å². The summed E-state index contributed by atoms with van der Waals surface area (Å²) in [7, 11) is 0. The van der Waals surface area contributed by atoms with Crippen LogP contribution in [0, 0.1) is 0 Å². The van der Waals surface area contributed by atoms with Crippen LogP contribution in [0.15, 0.2) is 42.5 Å². The van der Waals surface area contributed by atoms with Crippen molar-refractivity contribution in [3.8, 4) is 5.75 Å². The molecule has 0 spiro atoms. The number of ether oxygens (including phenoxy) is 1. The largest absolute Gasteiger partial charge is 0.479 e. The maximum atomic E-state index is 12.8. The van der Waals surface area contributed by atoms with E-state index in [2.05, 4.69) is 30.4 Å². The number of hydrogen-bond acceptors (Lipinski definition) is 2. The fourth-order valence-corrected chi connectivity index (χ4v) is 3.85. The van der Waals surface area contributed by atoms with E-state index in [4.69, 9.17) is 16.3 Å². The summed E-state index contributed by atoms with van der Waals surface area (Å²) >= 11 is 6.17. The molecule has 4 heteroatoms. The topological polar surface area (TPSA) is 38.3 Å². The minimum absolute atomic E-state index is 0.00591. The van der Waals surface area contributed by atoms with Gasteiger partial charge in [0.05, 0.1) is 11.1 Å². The van der Waals surface area contributed by atoms with Crippen LogP contribution in [0.3, 0.4) is 0 Å². The highest BCUT2D eigenvalue weighted by Crippen LogP contribution is 2.27. The maximum absolute atomic E-state index is 12.8. The van der Waals surface area contributed by atoms with Crippen molar-refractivity contribution in [2.24, 2.45) is 0 Å². The van der Waals surface area contributed by atoms with Crippen LogP contribution in [0.5, 0.6) is 5.75 Å². The second-order valence-corrected chi connectivity index (χ2v) is 7.56. The Morgan fingerprint density at radius 3 is 2.52 bits per heavy atom. The van der Waals surface area contributed by atoms with Gasteiger partial charge in [-0.15, -0.1) is 0 Å². The molecule has 0 fully saturated rings. The average molecular weight is 386 g/mol. The molecule has 0 bridgehead atoms. The fraction of sp³-hybridized carbons (Fsp3) is 0.435. The van der Waals surface area contributed by atoms with E-state index in [-0.39, 0.29) is 11.9 Å². The highest BCUT2D eigenvalue weighted by molar-refractivity contribution is 6.32. The third-order valence-corrected chi connectivity index (χ3v) is 5.58. The summed E-state index contributed by atoms with van der Waals surface area (Å²) in [5.74, 6) is 0.449. The number of carbonyl (C=O) groups excluding carboxylic acids is 1. The molecule has 0 heterocycles. The van der Waals surface area contributed by atoms with Crippen LogP contribution in [-0.4, -0.2) is 12.0 Å². The molecule has 3 nitrogen and oxygen atoms in total. The molecule has 2 aromatic rings. The molecule has 27 heavy (non-hydrogen) atoms. The van der Waals surface area contributed by atoms with E-state index in [1.807, 2.05) is 19.1 Å². The number of nitrogens with one attached hydrogen (secondary N) is 1. The van der Waals surface area contributed by atoms with Crippen molar-refractivity contribution in [3.05, 3.63) is 64.2 Å². The number of para-hydroxylation sites is 1. The van der Waals surface area contributed by atoms with E-state index in [0.29, 0.717) is 17.2 Å². The second kappa shape index (κ2) is 9.27. The van der Waals surface area contributed by atoms with Gasteiger partial charge in [0.25, 0.3) is 5.91 Å². The second-order valence-electron chi connectivity index (χ2n) is 7.15. The van der Waals surface area contributed by atoms with Gasteiger partial charge in [0.2, 0.25) is 0 Å². The first kappa shape index (κ1) is 19.8. The number of benzene rings is 2. The van der Waals surface area contributed by atoms with Gasteiger partial charge in [-0.2, -0.15) is 0 Å². The van der Waals surface area contributed by atoms with E-state index >= 15 is 0 Å². The highest BCUT2D eigenvalue weighted by Gasteiger charge is 2.23. The molecule has 2 aromatic carbocycles. The molecule has 2 atom stereocenters. The number of amides is 1. The molecule has 3 rings (SSSR count). The summed E-state index contributed by atoms with van der Waals surface area (Å²) in [4.78, 5) is 12.8. The van der Waals surface area contributed by atoms with Crippen molar-refractivity contribution in [3.63, 3.8) is 0 Å². The molecule has 1 amide bonds. The number of carbonyl (C=O) groups is 1. The van der Waals surface area contributed by atoms with Crippen LogP contribution < -0.4 is 10.1 Å². The summed E-state index contributed by atoms with van der Waals surface area (Å²) in [5.41, 5.74) is 4.07. The molecule has 0 aromatic heterocycles. The van der Waals surface area contributed by atoms with E-state index in [1.54, 1.807) is 12.1 Å². The van der Waals surface area contributed by atoms with Crippen LogP contribution in [0.1, 0.15) is 62.3 Å². The Morgan fingerprint density at radius 1 is 1.07 bits per heavy atom. The lowest BCUT2D eigenvalue weighted by Crippen LogP contribution is -2.40. The Kier molecular flexibility index (Phi) is 6.78. The van der Waals surface area contributed by atoms with Gasteiger partial charge in [0.1, 0.15) is 5.75 Å². The van der Waals surface area contributed by atoms with E-state index in [9.17, 15) is 4.79 Å². The molecule has 1 aliphatic rings. The van der Waals surface area contributed by atoms with Crippen molar-refractivity contribution in [1.29, 1.82) is 0 Å². The van der Waals surface area contributed by atoms with Crippen LogP contribution in [0.2, 0.25) is 5.02 Å². The molecular weight excluding hydrogens is 358 g/mol. The van der Waals surface area contributed by atoms with Crippen molar-refractivity contribution in [1.82, 2.24) is 5.32 Å². The van der Waals surface area contributed by atoms with Crippen molar-refractivity contribution in [2.75, 3.05) is 0 Å². The first-order valence-electron chi connectivity index (χ1n) is 9.95. The lowest BCUT2D eigenvalue weighted by atomic mass is 9.88. The van der Waals surface area contributed by atoms with Crippen molar-refractivity contribution < 1.29 is 9.53 Å². The van der Waals surface area contributed by atoms with Gasteiger partial charge in [0.15, 0.2) is 6.10 Å². The third-order valence-electron chi connectivity index (χ3n) is 5.27. The lowest BCUT2D eigenvalue weighted by molar-refractivity contribution is -0.128. The quantitative estimate of drug-likeness (QED) is 0.669. The highest BCUT2D eigenvalue weighted by atomic mass is 35.5. The molecule has 1 aliphatic carbocycles. The molecule has 0 radical (unpaired) electrons. The summed E-state index contributed by atoms with van der Waals surface area (Å²) in [6.45, 7) is 4.04. The SMILES string of the molecule is CC[C@H](Oc1ccccc1Cl)C(=O)N[C@@H](CC)c1ccc2c(c1)CCCC2. The first-order valence-corrected chi connectivity index (χ1v) is 10.3. The Labute approximate surface area is 167 Å². The van der Waals surface area contributed by atoms with Gasteiger partial charge in [-0.25, -0.2) is 0 Å². The fourth-order valence-electron chi connectivity index (χ4n) is 3.67. The first-order chi connectivity index (χ1) is 13.1. The van der Waals surface area contributed by atoms with Crippen LogP contribution in [-0.2, 0) is 17.6 Å². The summed E-state index contributed by atoms with van der Waals surface area (Å²) in [6.07, 6.45) is 5.70. The summed E-state index contributed by atoms with van der Waals surface area (Å²) < 4.78 is 5.88. The van der Waals surface area contributed by atoms with Crippen molar-refractivity contribution >= 4 is 17.5 Å². The van der Waals surface area contributed by atoms with Gasteiger partial charge in [-0.3, -0.25) is 4.79 Å². The molecule has 0 aliphatic heterocycles. The molecule has 0 unspecified atom stereocenters. The van der Waals surface area contributed by atoms with E-state index in [0.717, 1.165) is 12.8 Å². The molecule has 0 saturated heterocycles. The monoisotopic (exact) mass is 385 g/mol. The predicted octanol–water partition coefficient (Wildman–Crippen LogP) is 5.64.